The maximum atomic E-state index is 2.34. The summed E-state index contributed by atoms with van der Waals surface area (Å²) in [4.78, 5) is 0. The zero-order valence-corrected chi connectivity index (χ0v) is 14.3. The Morgan fingerprint density at radius 3 is 1.62 bits per heavy atom. The van der Waals surface area contributed by atoms with Gasteiger partial charge < -0.3 is 0 Å². The van der Waals surface area contributed by atoms with Crippen molar-refractivity contribution >= 4 is 0 Å². The fraction of sp³-hybridized carbons (Fsp3) is 0.429. The molecule has 0 fully saturated rings. The first-order valence-corrected chi connectivity index (χ1v) is 8.15. The molecule has 0 atom stereocenters. The number of benzene rings is 2. The highest BCUT2D eigenvalue weighted by Crippen LogP contribution is 2.39. The van der Waals surface area contributed by atoms with Crippen molar-refractivity contribution in [2.24, 2.45) is 0 Å². The molecular weight excluding hydrogens is 252 g/mol. The van der Waals surface area contributed by atoms with Gasteiger partial charge in [-0.2, -0.15) is 0 Å². The van der Waals surface area contributed by atoms with Crippen molar-refractivity contribution in [2.45, 2.75) is 59.3 Å². The van der Waals surface area contributed by atoms with Crippen molar-refractivity contribution < 1.29 is 0 Å². The lowest BCUT2D eigenvalue weighted by atomic mass is 9.79. The smallest absolute Gasteiger partial charge is 0.0146 e. The van der Waals surface area contributed by atoms with E-state index in [1.165, 1.54) is 22.3 Å². The van der Waals surface area contributed by atoms with E-state index >= 15 is 0 Å². The van der Waals surface area contributed by atoms with Crippen LogP contribution in [0.1, 0.15) is 76.0 Å². The molecule has 21 heavy (non-hydrogen) atoms. The molecule has 0 amide bonds. The molecule has 0 aromatic heterocycles. The lowest BCUT2D eigenvalue weighted by molar-refractivity contribution is 0.750. The molecule has 0 bridgehead atoms. The van der Waals surface area contributed by atoms with Gasteiger partial charge in [0, 0.05) is 0 Å². The molecule has 0 aliphatic rings. The minimum Gasteiger partial charge on any atom is -0.0622 e. The van der Waals surface area contributed by atoms with E-state index in [-0.39, 0.29) is 0 Å². The van der Waals surface area contributed by atoms with Gasteiger partial charge in [-0.25, -0.2) is 0 Å². The van der Waals surface area contributed by atoms with Crippen LogP contribution in [0.5, 0.6) is 0 Å². The van der Waals surface area contributed by atoms with Crippen molar-refractivity contribution in [1.29, 1.82) is 0 Å². The highest BCUT2D eigenvalue weighted by molar-refractivity contribution is 5.71. The third-order valence-corrected chi connectivity index (χ3v) is 4.18. The summed E-state index contributed by atoms with van der Waals surface area (Å²) in [7, 11) is 0. The topological polar surface area (TPSA) is 0 Å². The Hall–Kier alpha value is -1.56. The SMILES string of the molecule is CC(C)c1ccc(-c2ccccc2)c(C(C)C)c1C(C)C. The van der Waals surface area contributed by atoms with Crippen LogP contribution < -0.4 is 0 Å². The molecule has 0 aliphatic carbocycles. The highest BCUT2D eigenvalue weighted by Gasteiger charge is 2.20. The maximum Gasteiger partial charge on any atom is -0.0146 e. The van der Waals surface area contributed by atoms with Crippen LogP contribution in [0.25, 0.3) is 11.1 Å². The fourth-order valence-electron chi connectivity index (χ4n) is 3.29. The first-order chi connectivity index (χ1) is 9.93. The zero-order chi connectivity index (χ0) is 15.6. The van der Waals surface area contributed by atoms with Gasteiger partial charge in [-0.1, -0.05) is 84.0 Å². The van der Waals surface area contributed by atoms with Crippen molar-refractivity contribution in [3.63, 3.8) is 0 Å². The van der Waals surface area contributed by atoms with Crippen LogP contribution in [-0.4, -0.2) is 0 Å². The van der Waals surface area contributed by atoms with Gasteiger partial charge in [-0.05, 0) is 45.6 Å². The number of rotatable bonds is 4. The molecule has 2 rings (SSSR count). The van der Waals surface area contributed by atoms with Gasteiger partial charge in [0.1, 0.15) is 0 Å². The second-order valence-electron chi connectivity index (χ2n) is 6.86. The lowest BCUT2D eigenvalue weighted by Crippen LogP contribution is -2.07. The van der Waals surface area contributed by atoms with Gasteiger partial charge in [0.25, 0.3) is 0 Å². The van der Waals surface area contributed by atoms with E-state index in [2.05, 4.69) is 84.0 Å². The molecule has 2 aromatic carbocycles. The van der Waals surface area contributed by atoms with Crippen LogP contribution in [0.4, 0.5) is 0 Å². The Kier molecular flexibility index (Phi) is 4.88. The van der Waals surface area contributed by atoms with Gasteiger partial charge in [-0.15, -0.1) is 0 Å². The maximum absolute atomic E-state index is 2.34. The van der Waals surface area contributed by atoms with Crippen LogP contribution in [0.3, 0.4) is 0 Å². The summed E-state index contributed by atoms with van der Waals surface area (Å²) in [6, 6.07) is 15.5. The largest absolute Gasteiger partial charge is 0.0622 e. The standard InChI is InChI=1S/C21H28/c1-14(2)18-12-13-19(17-10-8-7-9-11-17)21(16(5)6)20(18)15(3)4/h7-16H,1-6H3. The Morgan fingerprint density at radius 2 is 1.14 bits per heavy atom. The normalized spacial score (nSPS) is 11.7. The number of hydrogen-bond donors (Lipinski definition) is 0. The van der Waals surface area contributed by atoms with Crippen molar-refractivity contribution in [3.05, 3.63) is 59.2 Å². The molecule has 0 heterocycles. The Morgan fingerprint density at radius 1 is 0.571 bits per heavy atom. The van der Waals surface area contributed by atoms with Gasteiger partial charge in [-0.3, -0.25) is 0 Å². The van der Waals surface area contributed by atoms with Crippen LogP contribution in [-0.2, 0) is 0 Å². The molecule has 2 aromatic rings. The first kappa shape index (κ1) is 15.8. The Labute approximate surface area is 130 Å². The molecule has 0 aliphatic heterocycles. The summed E-state index contributed by atoms with van der Waals surface area (Å²) in [5, 5.41) is 0. The summed E-state index contributed by atoms with van der Waals surface area (Å²) in [6.45, 7) is 13.9. The zero-order valence-electron chi connectivity index (χ0n) is 14.3. The third kappa shape index (κ3) is 3.20. The summed E-state index contributed by atoms with van der Waals surface area (Å²) < 4.78 is 0. The summed E-state index contributed by atoms with van der Waals surface area (Å²) in [6.07, 6.45) is 0. The molecule has 112 valence electrons. The van der Waals surface area contributed by atoms with Gasteiger partial charge in [0.2, 0.25) is 0 Å². The van der Waals surface area contributed by atoms with Crippen LogP contribution in [0.15, 0.2) is 42.5 Å². The van der Waals surface area contributed by atoms with Crippen LogP contribution in [0, 0.1) is 0 Å². The van der Waals surface area contributed by atoms with Crippen molar-refractivity contribution in [2.75, 3.05) is 0 Å². The van der Waals surface area contributed by atoms with E-state index in [0.29, 0.717) is 17.8 Å². The predicted molar refractivity (Wildman–Crippen MR) is 94.1 cm³/mol. The average molecular weight is 280 g/mol. The van der Waals surface area contributed by atoms with E-state index in [1.807, 2.05) is 0 Å². The van der Waals surface area contributed by atoms with E-state index < -0.39 is 0 Å². The third-order valence-electron chi connectivity index (χ3n) is 4.18. The predicted octanol–water partition coefficient (Wildman–Crippen LogP) is 6.72. The Bertz CT molecular complexity index is 589. The summed E-state index contributed by atoms with van der Waals surface area (Å²) >= 11 is 0. The monoisotopic (exact) mass is 280 g/mol. The molecule has 0 unspecified atom stereocenters. The van der Waals surface area contributed by atoms with Gasteiger partial charge >= 0.3 is 0 Å². The van der Waals surface area contributed by atoms with E-state index in [0.717, 1.165) is 0 Å². The minimum atomic E-state index is 0.538. The molecule has 0 saturated carbocycles. The molecule has 0 radical (unpaired) electrons. The van der Waals surface area contributed by atoms with E-state index in [9.17, 15) is 0 Å². The molecule has 0 spiro atoms. The summed E-state index contributed by atoms with van der Waals surface area (Å²) in [5.74, 6) is 1.67. The van der Waals surface area contributed by atoms with Gasteiger partial charge in [0.15, 0.2) is 0 Å². The quantitative estimate of drug-likeness (QED) is 0.583. The minimum absolute atomic E-state index is 0.538. The second-order valence-corrected chi connectivity index (χ2v) is 6.86. The summed E-state index contributed by atoms with van der Waals surface area (Å²) in [5.41, 5.74) is 7.33. The van der Waals surface area contributed by atoms with Crippen molar-refractivity contribution in [3.8, 4) is 11.1 Å². The molecule has 0 N–H and O–H groups in total. The second kappa shape index (κ2) is 6.47. The highest BCUT2D eigenvalue weighted by atomic mass is 14.2. The van der Waals surface area contributed by atoms with Crippen LogP contribution >= 0.6 is 0 Å². The Balaban J connectivity index is 2.76. The van der Waals surface area contributed by atoms with Crippen LogP contribution in [0.2, 0.25) is 0 Å². The first-order valence-electron chi connectivity index (χ1n) is 8.15. The molecular formula is C21H28. The number of hydrogen-bond acceptors (Lipinski definition) is 0. The van der Waals surface area contributed by atoms with Crippen molar-refractivity contribution in [1.82, 2.24) is 0 Å². The molecule has 0 saturated heterocycles. The van der Waals surface area contributed by atoms with Gasteiger partial charge in [0.05, 0.1) is 0 Å². The average Bonchev–Trinajstić information content (AvgIpc) is 2.46. The van der Waals surface area contributed by atoms with E-state index in [1.54, 1.807) is 5.56 Å². The fourth-order valence-corrected chi connectivity index (χ4v) is 3.29. The molecule has 0 heteroatoms. The van der Waals surface area contributed by atoms with E-state index in [4.69, 9.17) is 0 Å². The molecule has 0 nitrogen and oxygen atoms in total. The lowest BCUT2D eigenvalue weighted by Gasteiger charge is -2.25.